The molecule has 0 aromatic carbocycles. The third kappa shape index (κ3) is 3.46. The summed E-state index contributed by atoms with van der Waals surface area (Å²) in [5, 5.41) is 13.8. The van der Waals surface area contributed by atoms with Crippen molar-refractivity contribution in [1.29, 1.82) is 0 Å². The molecule has 3 heterocycles. The van der Waals surface area contributed by atoms with E-state index in [0.29, 0.717) is 18.2 Å². The third-order valence-electron chi connectivity index (χ3n) is 3.33. The number of rotatable bonds is 6. The van der Waals surface area contributed by atoms with Crippen LogP contribution >= 0.6 is 35.1 Å². The van der Waals surface area contributed by atoms with Crippen LogP contribution in [0, 0.1) is 13.8 Å². The highest BCUT2D eigenvalue weighted by atomic mass is 32.2. The second-order valence-corrected chi connectivity index (χ2v) is 7.60. The van der Waals surface area contributed by atoms with E-state index in [1.807, 2.05) is 31.0 Å². The maximum atomic E-state index is 5.86. The minimum absolute atomic E-state index is 0.552. The number of thioether (sulfide) groups is 2. The second-order valence-electron chi connectivity index (χ2n) is 4.96. The Bertz CT molecular complexity index is 786. The number of hydrogen-bond donors (Lipinski definition) is 0. The van der Waals surface area contributed by atoms with Crippen LogP contribution in [0.5, 0.6) is 0 Å². The molecule has 23 heavy (non-hydrogen) atoms. The van der Waals surface area contributed by atoms with Crippen molar-refractivity contribution >= 4 is 35.1 Å². The van der Waals surface area contributed by atoms with Crippen LogP contribution in [0.1, 0.15) is 17.3 Å². The summed E-state index contributed by atoms with van der Waals surface area (Å²) in [4.78, 5) is 0. The Morgan fingerprint density at radius 3 is 2.70 bits per heavy atom. The van der Waals surface area contributed by atoms with E-state index < -0.39 is 0 Å². The largest absolute Gasteiger partial charge is 0.420 e. The Kier molecular flexibility index (Phi) is 5.08. The first-order valence-electron chi connectivity index (χ1n) is 7.03. The summed E-state index contributed by atoms with van der Waals surface area (Å²) in [7, 11) is 0. The molecule has 3 aromatic rings. The van der Waals surface area contributed by atoms with Gasteiger partial charge in [-0.2, -0.15) is 9.47 Å². The molecule has 0 fully saturated rings. The maximum absolute atomic E-state index is 5.86. The highest BCUT2D eigenvalue weighted by Gasteiger charge is 2.20. The van der Waals surface area contributed by atoms with Crippen molar-refractivity contribution in [2.75, 3.05) is 12.5 Å². The van der Waals surface area contributed by atoms with Crippen molar-refractivity contribution in [2.45, 2.75) is 36.0 Å². The molecule has 0 atom stereocenters. The fourth-order valence-corrected chi connectivity index (χ4v) is 4.54. The van der Waals surface area contributed by atoms with E-state index in [9.17, 15) is 0 Å². The predicted molar refractivity (Wildman–Crippen MR) is 94.4 cm³/mol. The third-order valence-corrected chi connectivity index (χ3v) is 6.07. The van der Waals surface area contributed by atoms with Crippen LogP contribution in [0.25, 0.3) is 11.5 Å². The van der Waals surface area contributed by atoms with E-state index >= 15 is 0 Å². The van der Waals surface area contributed by atoms with Gasteiger partial charge in [-0.1, -0.05) is 0 Å². The molecule has 9 heteroatoms. The van der Waals surface area contributed by atoms with Crippen molar-refractivity contribution in [3.8, 4) is 11.5 Å². The summed E-state index contributed by atoms with van der Waals surface area (Å²) in [6.07, 6.45) is 4.69. The molecule has 0 unspecified atom stereocenters. The molecule has 122 valence electrons. The van der Waals surface area contributed by atoms with Gasteiger partial charge in [-0.15, -0.1) is 33.7 Å². The first-order chi connectivity index (χ1) is 11.1. The minimum Gasteiger partial charge on any atom is -0.420 e. The minimum atomic E-state index is 0.552. The molecule has 3 rings (SSSR count). The zero-order valence-corrected chi connectivity index (χ0v) is 15.8. The molecule has 0 aliphatic heterocycles. The Labute approximate surface area is 147 Å². The number of hydrogen-bond acceptors (Lipinski definition) is 8. The molecule has 0 saturated heterocycles. The lowest BCUT2D eigenvalue weighted by molar-refractivity contribution is 0.470. The number of nitrogens with zero attached hydrogens (tertiary/aromatic N) is 5. The van der Waals surface area contributed by atoms with Gasteiger partial charge in [0.15, 0.2) is 0 Å². The SMILES string of the molecule is CSc1nsc(SC)c1-c1nnc(CCn2nc(C)cc2C)o1. The van der Waals surface area contributed by atoms with Crippen molar-refractivity contribution in [2.24, 2.45) is 0 Å². The van der Waals surface area contributed by atoms with Gasteiger partial charge >= 0.3 is 0 Å². The van der Waals surface area contributed by atoms with Crippen LogP contribution in [0.2, 0.25) is 0 Å². The molecule has 0 N–H and O–H groups in total. The van der Waals surface area contributed by atoms with Gasteiger partial charge in [-0.05, 0) is 44.0 Å². The first kappa shape index (κ1) is 16.5. The summed E-state index contributed by atoms with van der Waals surface area (Å²) >= 11 is 4.72. The summed E-state index contributed by atoms with van der Waals surface area (Å²) in [6, 6.07) is 2.06. The van der Waals surface area contributed by atoms with Gasteiger partial charge in [-0.3, -0.25) is 4.68 Å². The molecule has 0 radical (unpaired) electrons. The average molecular weight is 368 g/mol. The van der Waals surface area contributed by atoms with Gasteiger partial charge in [0, 0.05) is 18.7 Å². The van der Waals surface area contributed by atoms with Crippen molar-refractivity contribution in [3.05, 3.63) is 23.3 Å². The van der Waals surface area contributed by atoms with Gasteiger partial charge < -0.3 is 4.42 Å². The standard InChI is InChI=1S/C14H17N5OS3/c1-8-7-9(2)19(17-8)6-5-10-15-16-12(20-10)11-13(21-3)18-23-14(11)22-4/h7H,5-6H2,1-4H3. The van der Waals surface area contributed by atoms with Crippen molar-refractivity contribution in [3.63, 3.8) is 0 Å². The molecule has 0 saturated carbocycles. The highest BCUT2D eigenvalue weighted by Crippen LogP contribution is 2.39. The Hall–Kier alpha value is -1.32. The molecule has 0 aliphatic carbocycles. The van der Waals surface area contributed by atoms with Crippen LogP contribution in [0.4, 0.5) is 0 Å². The monoisotopic (exact) mass is 367 g/mol. The fraction of sp³-hybridized carbons (Fsp3) is 0.429. The second kappa shape index (κ2) is 7.06. The van der Waals surface area contributed by atoms with Gasteiger partial charge in [0.1, 0.15) is 5.03 Å². The molecular formula is C14H17N5OS3. The Balaban J connectivity index is 1.78. The highest BCUT2D eigenvalue weighted by molar-refractivity contribution is 8.01. The predicted octanol–water partition coefficient (Wildman–Crippen LogP) is 3.69. The summed E-state index contributed by atoms with van der Waals surface area (Å²) in [5.74, 6) is 1.17. The van der Waals surface area contributed by atoms with Crippen LogP contribution in [0.15, 0.2) is 19.7 Å². The van der Waals surface area contributed by atoms with Crippen LogP contribution < -0.4 is 0 Å². The molecule has 0 aliphatic rings. The normalized spacial score (nSPS) is 11.3. The molecule has 6 nitrogen and oxygen atoms in total. The van der Waals surface area contributed by atoms with Crippen molar-refractivity contribution in [1.82, 2.24) is 24.4 Å². The van der Waals surface area contributed by atoms with E-state index in [4.69, 9.17) is 4.42 Å². The lowest BCUT2D eigenvalue weighted by Crippen LogP contribution is -2.05. The smallest absolute Gasteiger partial charge is 0.252 e. The van der Waals surface area contributed by atoms with E-state index in [2.05, 4.69) is 25.7 Å². The zero-order valence-electron chi connectivity index (χ0n) is 13.4. The average Bonchev–Trinajstić information content (AvgIpc) is 3.22. The van der Waals surface area contributed by atoms with Crippen LogP contribution in [-0.2, 0) is 13.0 Å². The van der Waals surface area contributed by atoms with Crippen molar-refractivity contribution < 1.29 is 4.42 Å². The Morgan fingerprint density at radius 2 is 2.04 bits per heavy atom. The first-order valence-corrected chi connectivity index (χ1v) is 10.3. The van der Waals surface area contributed by atoms with E-state index in [1.165, 1.54) is 11.5 Å². The number of aryl methyl sites for hydroxylation is 4. The number of aromatic nitrogens is 5. The van der Waals surface area contributed by atoms with Gasteiger partial charge in [0.05, 0.1) is 15.5 Å². The lowest BCUT2D eigenvalue weighted by Gasteiger charge is -2.01. The van der Waals surface area contributed by atoms with E-state index in [-0.39, 0.29) is 0 Å². The van der Waals surface area contributed by atoms with E-state index in [1.54, 1.807) is 23.5 Å². The molecule has 0 bridgehead atoms. The maximum Gasteiger partial charge on any atom is 0.252 e. The van der Waals surface area contributed by atoms with Gasteiger partial charge in [0.2, 0.25) is 5.89 Å². The molecule has 3 aromatic heterocycles. The quantitative estimate of drug-likeness (QED) is 0.615. The fourth-order valence-electron chi connectivity index (χ4n) is 2.28. The summed E-state index contributed by atoms with van der Waals surface area (Å²) in [6.45, 7) is 4.77. The molecule has 0 spiro atoms. The lowest BCUT2D eigenvalue weighted by atomic mass is 10.4. The van der Waals surface area contributed by atoms with Gasteiger partial charge in [-0.25, -0.2) is 0 Å². The van der Waals surface area contributed by atoms with Crippen LogP contribution in [-0.4, -0.2) is 36.9 Å². The Morgan fingerprint density at radius 1 is 1.22 bits per heavy atom. The van der Waals surface area contributed by atoms with E-state index in [0.717, 1.165) is 32.7 Å². The van der Waals surface area contributed by atoms with Gasteiger partial charge in [0.25, 0.3) is 5.89 Å². The summed E-state index contributed by atoms with van der Waals surface area (Å²) < 4.78 is 13.4. The zero-order chi connectivity index (χ0) is 16.4. The summed E-state index contributed by atoms with van der Waals surface area (Å²) in [5.41, 5.74) is 3.12. The topological polar surface area (TPSA) is 69.6 Å². The molecular weight excluding hydrogens is 350 g/mol. The van der Waals surface area contributed by atoms with Crippen LogP contribution in [0.3, 0.4) is 0 Å². The molecule has 0 amide bonds.